The standard InChI is InChI=1S/C15H10ClFN2O/c16-11-5-7-12(8-6-11)19-10-13(9-18-19)20-15-4-2-1-3-14(15)17/h1-10H. The van der Waals surface area contributed by atoms with Crippen LogP contribution in [0.15, 0.2) is 60.9 Å². The number of hydrogen-bond donors (Lipinski definition) is 0. The average Bonchev–Trinajstić information content (AvgIpc) is 2.91. The Morgan fingerprint density at radius 2 is 1.80 bits per heavy atom. The number of rotatable bonds is 3. The van der Waals surface area contributed by atoms with Crippen molar-refractivity contribution in [3.8, 4) is 17.2 Å². The van der Waals surface area contributed by atoms with Crippen LogP contribution in [-0.4, -0.2) is 9.78 Å². The number of hydrogen-bond acceptors (Lipinski definition) is 2. The van der Waals surface area contributed by atoms with Gasteiger partial charge in [-0.05, 0) is 36.4 Å². The number of para-hydroxylation sites is 1. The molecular weight excluding hydrogens is 279 g/mol. The molecule has 0 amide bonds. The van der Waals surface area contributed by atoms with Gasteiger partial charge in [-0.1, -0.05) is 23.7 Å². The van der Waals surface area contributed by atoms with E-state index in [0.29, 0.717) is 10.8 Å². The first-order valence-corrected chi connectivity index (χ1v) is 6.33. The van der Waals surface area contributed by atoms with Gasteiger partial charge in [0.2, 0.25) is 0 Å². The molecule has 0 unspecified atom stereocenters. The molecule has 3 rings (SSSR count). The Bertz CT molecular complexity index is 725. The van der Waals surface area contributed by atoms with Gasteiger partial charge in [0.15, 0.2) is 17.3 Å². The van der Waals surface area contributed by atoms with E-state index >= 15 is 0 Å². The second kappa shape index (κ2) is 5.35. The van der Waals surface area contributed by atoms with E-state index < -0.39 is 5.82 Å². The minimum Gasteiger partial charge on any atom is -0.451 e. The van der Waals surface area contributed by atoms with Gasteiger partial charge in [-0.2, -0.15) is 5.10 Å². The van der Waals surface area contributed by atoms with Crippen molar-refractivity contribution >= 4 is 11.6 Å². The summed E-state index contributed by atoms with van der Waals surface area (Å²) in [7, 11) is 0. The molecule has 100 valence electrons. The average molecular weight is 289 g/mol. The van der Waals surface area contributed by atoms with Crippen molar-refractivity contribution < 1.29 is 9.13 Å². The molecular formula is C15H10ClFN2O. The summed E-state index contributed by atoms with van der Waals surface area (Å²) in [4.78, 5) is 0. The van der Waals surface area contributed by atoms with E-state index in [0.717, 1.165) is 5.69 Å². The third kappa shape index (κ3) is 2.65. The molecule has 0 saturated heterocycles. The fraction of sp³-hybridized carbons (Fsp3) is 0. The molecule has 3 nitrogen and oxygen atoms in total. The van der Waals surface area contributed by atoms with Crippen LogP contribution in [0.3, 0.4) is 0 Å². The van der Waals surface area contributed by atoms with Gasteiger partial charge >= 0.3 is 0 Å². The fourth-order valence-electron chi connectivity index (χ4n) is 1.75. The largest absolute Gasteiger partial charge is 0.451 e. The number of aromatic nitrogens is 2. The summed E-state index contributed by atoms with van der Waals surface area (Å²) in [6.45, 7) is 0. The van der Waals surface area contributed by atoms with Gasteiger partial charge in [0.1, 0.15) is 0 Å². The molecule has 0 bridgehead atoms. The molecule has 5 heteroatoms. The molecule has 1 aromatic heterocycles. The lowest BCUT2D eigenvalue weighted by molar-refractivity contribution is 0.442. The van der Waals surface area contributed by atoms with Crippen LogP contribution in [0.2, 0.25) is 5.02 Å². The summed E-state index contributed by atoms with van der Waals surface area (Å²) in [5.74, 6) is 0.222. The van der Waals surface area contributed by atoms with Crippen molar-refractivity contribution in [2.45, 2.75) is 0 Å². The maximum absolute atomic E-state index is 13.5. The summed E-state index contributed by atoms with van der Waals surface area (Å²) in [6, 6.07) is 13.5. The number of benzene rings is 2. The quantitative estimate of drug-likeness (QED) is 0.711. The molecule has 0 atom stereocenters. The van der Waals surface area contributed by atoms with Crippen molar-refractivity contribution in [3.63, 3.8) is 0 Å². The Hall–Kier alpha value is -2.33. The minimum atomic E-state index is -0.410. The molecule has 2 aromatic carbocycles. The van der Waals surface area contributed by atoms with E-state index in [1.165, 1.54) is 12.3 Å². The second-order valence-corrected chi connectivity index (χ2v) is 4.57. The highest BCUT2D eigenvalue weighted by molar-refractivity contribution is 6.30. The van der Waals surface area contributed by atoms with Crippen molar-refractivity contribution in [1.82, 2.24) is 9.78 Å². The predicted octanol–water partition coefficient (Wildman–Crippen LogP) is 4.46. The minimum absolute atomic E-state index is 0.170. The van der Waals surface area contributed by atoms with Gasteiger partial charge < -0.3 is 4.74 Å². The summed E-state index contributed by atoms with van der Waals surface area (Å²) in [5.41, 5.74) is 0.845. The first-order valence-electron chi connectivity index (χ1n) is 5.95. The highest BCUT2D eigenvalue weighted by atomic mass is 35.5. The van der Waals surface area contributed by atoms with E-state index in [4.69, 9.17) is 16.3 Å². The fourth-order valence-corrected chi connectivity index (χ4v) is 1.87. The van der Waals surface area contributed by atoms with Crippen LogP contribution in [0, 0.1) is 5.82 Å². The smallest absolute Gasteiger partial charge is 0.165 e. The SMILES string of the molecule is Fc1ccccc1Oc1cnn(-c2ccc(Cl)cc2)c1. The summed E-state index contributed by atoms with van der Waals surface area (Å²) < 4.78 is 20.6. The molecule has 0 radical (unpaired) electrons. The van der Waals surface area contributed by atoms with E-state index in [1.54, 1.807) is 41.2 Å². The van der Waals surface area contributed by atoms with Crippen LogP contribution in [0.1, 0.15) is 0 Å². The topological polar surface area (TPSA) is 27.1 Å². The first-order chi connectivity index (χ1) is 9.72. The van der Waals surface area contributed by atoms with Crippen LogP contribution >= 0.6 is 11.6 Å². The molecule has 3 aromatic rings. The maximum atomic E-state index is 13.5. The zero-order valence-corrected chi connectivity index (χ0v) is 11.1. The molecule has 0 N–H and O–H groups in total. The highest BCUT2D eigenvalue weighted by Crippen LogP contribution is 2.24. The van der Waals surface area contributed by atoms with Crippen molar-refractivity contribution in [2.24, 2.45) is 0 Å². The lowest BCUT2D eigenvalue weighted by Gasteiger charge is -2.03. The molecule has 1 heterocycles. The van der Waals surface area contributed by atoms with Crippen LogP contribution in [0.5, 0.6) is 11.5 Å². The summed E-state index contributed by atoms with van der Waals surface area (Å²) in [5, 5.41) is 4.82. The van der Waals surface area contributed by atoms with E-state index in [2.05, 4.69) is 5.10 Å². The number of nitrogens with zero attached hydrogens (tertiary/aromatic N) is 2. The normalized spacial score (nSPS) is 10.5. The van der Waals surface area contributed by atoms with Gasteiger partial charge in [-0.3, -0.25) is 0 Å². The van der Waals surface area contributed by atoms with Crippen LogP contribution in [0.4, 0.5) is 4.39 Å². The Kier molecular flexibility index (Phi) is 3.39. The van der Waals surface area contributed by atoms with Gasteiger partial charge in [-0.15, -0.1) is 0 Å². The Morgan fingerprint density at radius 1 is 1.05 bits per heavy atom. The number of ether oxygens (including phenoxy) is 1. The molecule has 0 aliphatic rings. The predicted molar refractivity (Wildman–Crippen MR) is 75.0 cm³/mol. The molecule has 0 saturated carbocycles. The third-order valence-electron chi connectivity index (χ3n) is 2.71. The molecule has 0 fully saturated rings. The van der Waals surface area contributed by atoms with E-state index in [1.807, 2.05) is 12.1 Å². The Morgan fingerprint density at radius 3 is 2.55 bits per heavy atom. The molecule has 0 aliphatic carbocycles. The zero-order valence-electron chi connectivity index (χ0n) is 10.3. The maximum Gasteiger partial charge on any atom is 0.165 e. The van der Waals surface area contributed by atoms with E-state index in [9.17, 15) is 4.39 Å². The van der Waals surface area contributed by atoms with E-state index in [-0.39, 0.29) is 5.75 Å². The lowest BCUT2D eigenvalue weighted by Crippen LogP contribution is -1.93. The van der Waals surface area contributed by atoms with Gasteiger partial charge in [0.05, 0.1) is 18.1 Å². The lowest BCUT2D eigenvalue weighted by atomic mass is 10.3. The van der Waals surface area contributed by atoms with Crippen LogP contribution in [-0.2, 0) is 0 Å². The Labute approximate surface area is 120 Å². The monoisotopic (exact) mass is 288 g/mol. The number of halogens is 2. The highest BCUT2D eigenvalue weighted by Gasteiger charge is 2.06. The van der Waals surface area contributed by atoms with Gasteiger partial charge in [0.25, 0.3) is 0 Å². The third-order valence-corrected chi connectivity index (χ3v) is 2.97. The van der Waals surface area contributed by atoms with Crippen LogP contribution < -0.4 is 4.74 Å². The molecule has 20 heavy (non-hydrogen) atoms. The molecule has 0 spiro atoms. The van der Waals surface area contributed by atoms with Gasteiger partial charge in [0, 0.05) is 5.02 Å². The van der Waals surface area contributed by atoms with Gasteiger partial charge in [-0.25, -0.2) is 9.07 Å². The molecule has 0 aliphatic heterocycles. The van der Waals surface area contributed by atoms with Crippen molar-refractivity contribution in [2.75, 3.05) is 0 Å². The summed E-state index contributed by atoms with van der Waals surface area (Å²) in [6.07, 6.45) is 3.21. The van der Waals surface area contributed by atoms with Crippen molar-refractivity contribution in [3.05, 3.63) is 71.8 Å². The summed E-state index contributed by atoms with van der Waals surface area (Å²) >= 11 is 5.83. The Balaban J connectivity index is 1.84. The second-order valence-electron chi connectivity index (χ2n) is 4.13. The van der Waals surface area contributed by atoms with Crippen LogP contribution in [0.25, 0.3) is 5.69 Å². The first kappa shape index (κ1) is 12.7. The van der Waals surface area contributed by atoms with Crippen molar-refractivity contribution in [1.29, 1.82) is 0 Å². The zero-order chi connectivity index (χ0) is 13.9.